The molecule has 2 N–H and O–H groups in total. The van der Waals surface area contributed by atoms with Crippen LogP contribution in [0.2, 0.25) is 0 Å². The summed E-state index contributed by atoms with van der Waals surface area (Å²) in [6, 6.07) is 17.6. The van der Waals surface area contributed by atoms with Crippen LogP contribution in [0.25, 0.3) is 0 Å². The van der Waals surface area contributed by atoms with Crippen LogP contribution in [0.5, 0.6) is 0 Å². The van der Waals surface area contributed by atoms with Gasteiger partial charge in [0.15, 0.2) is 21.5 Å². The standard InChI is InChI=1S/C23H17N5O2S/c1-2-3-13-26-28-21(25)18(14-24)23(31-22(28)27-15-9-5-4-6-10-15)19(29)16-11-7-8-12-17(16)20(23)30/h2-13H,25H2,1H3/b3-2+,26-13+,27-22?. The van der Waals surface area contributed by atoms with Crippen LogP contribution < -0.4 is 5.73 Å². The largest absolute Gasteiger partial charge is 0.383 e. The van der Waals surface area contributed by atoms with Gasteiger partial charge in [0.25, 0.3) is 0 Å². The average molecular weight is 427 g/mol. The van der Waals surface area contributed by atoms with Crippen molar-refractivity contribution in [3.8, 4) is 6.07 Å². The molecule has 2 aromatic carbocycles. The van der Waals surface area contributed by atoms with Crippen molar-refractivity contribution in [2.45, 2.75) is 11.7 Å². The van der Waals surface area contributed by atoms with Crippen LogP contribution in [0.4, 0.5) is 5.69 Å². The SMILES string of the molecule is C/C=C/C=N/N1C(=Nc2ccccc2)SC2(C(=O)c3ccccc3C2=O)C(C#N)=C1N. The fraction of sp³-hybridized carbons (Fsp3) is 0.0870. The molecule has 31 heavy (non-hydrogen) atoms. The molecule has 1 aliphatic heterocycles. The van der Waals surface area contributed by atoms with Gasteiger partial charge in [-0.25, -0.2) is 4.99 Å². The number of nitrogens with two attached hydrogens (primary N) is 1. The molecule has 0 aromatic heterocycles. The monoisotopic (exact) mass is 427 g/mol. The van der Waals surface area contributed by atoms with E-state index in [9.17, 15) is 14.9 Å². The second-order valence-corrected chi connectivity index (χ2v) is 7.87. The van der Waals surface area contributed by atoms with Crippen LogP contribution >= 0.6 is 11.8 Å². The summed E-state index contributed by atoms with van der Waals surface area (Å²) in [5, 5.41) is 15.7. The van der Waals surface area contributed by atoms with E-state index in [2.05, 4.69) is 10.1 Å². The molecule has 2 aliphatic rings. The highest BCUT2D eigenvalue weighted by atomic mass is 32.2. The molecule has 1 spiro atoms. The lowest BCUT2D eigenvalue weighted by Crippen LogP contribution is -2.49. The summed E-state index contributed by atoms with van der Waals surface area (Å²) in [5.41, 5.74) is 7.31. The van der Waals surface area contributed by atoms with E-state index in [1.807, 2.05) is 31.2 Å². The van der Waals surface area contributed by atoms with Crippen molar-refractivity contribution in [3.63, 3.8) is 0 Å². The number of para-hydroxylation sites is 1. The van der Waals surface area contributed by atoms with Crippen molar-refractivity contribution in [1.82, 2.24) is 5.01 Å². The number of nitriles is 1. The van der Waals surface area contributed by atoms with Gasteiger partial charge >= 0.3 is 0 Å². The molecule has 152 valence electrons. The van der Waals surface area contributed by atoms with Crippen LogP contribution in [0.1, 0.15) is 27.6 Å². The molecule has 0 amide bonds. The number of fused-ring (bicyclic) bond motifs is 1. The Hall–Kier alpha value is -3.96. The Morgan fingerprint density at radius 2 is 1.68 bits per heavy atom. The number of hydrogen-bond acceptors (Lipinski definition) is 7. The lowest BCUT2D eigenvalue weighted by atomic mass is 9.93. The van der Waals surface area contributed by atoms with Gasteiger partial charge in [0.1, 0.15) is 17.5 Å². The number of amidine groups is 1. The molecule has 1 aliphatic carbocycles. The number of benzene rings is 2. The normalized spacial score (nSPS) is 19.1. The quantitative estimate of drug-likeness (QED) is 0.589. The van der Waals surface area contributed by atoms with Crippen LogP contribution in [-0.4, -0.2) is 32.7 Å². The van der Waals surface area contributed by atoms with Crippen molar-refractivity contribution in [1.29, 1.82) is 5.26 Å². The molecule has 0 unspecified atom stereocenters. The number of rotatable bonds is 3. The van der Waals surface area contributed by atoms with Crippen molar-refractivity contribution in [3.05, 3.63) is 89.3 Å². The highest BCUT2D eigenvalue weighted by molar-refractivity contribution is 8.16. The number of carbonyl (C=O) groups excluding carboxylic acids is 2. The Morgan fingerprint density at radius 1 is 1.06 bits per heavy atom. The number of thioether (sulfide) groups is 1. The van der Waals surface area contributed by atoms with E-state index in [4.69, 9.17) is 5.73 Å². The minimum Gasteiger partial charge on any atom is -0.383 e. The molecule has 4 rings (SSSR count). The molecule has 0 radical (unpaired) electrons. The minimum atomic E-state index is -1.82. The second kappa shape index (κ2) is 8.05. The van der Waals surface area contributed by atoms with Crippen molar-refractivity contribution in [2.75, 3.05) is 0 Å². The fourth-order valence-electron chi connectivity index (χ4n) is 3.42. The van der Waals surface area contributed by atoms with Crippen LogP contribution in [0, 0.1) is 11.3 Å². The predicted molar refractivity (Wildman–Crippen MR) is 121 cm³/mol. The minimum absolute atomic E-state index is 0.105. The van der Waals surface area contributed by atoms with E-state index in [1.165, 1.54) is 11.2 Å². The van der Waals surface area contributed by atoms with Gasteiger partial charge in [-0.1, -0.05) is 60.3 Å². The molecule has 1 heterocycles. The number of Topliss-reactive ketones (excluding diaryl/α,β-unsaturated/α-hetero) is 2. The number of hydrazone groups is 1. The first-order valence-electron chi connectivity index (χ1n) is 9.41. The molecule has 8 heteroatoms. The third-order valence-electron chi connectivity index (χ3n) is 4.87. The molecule has 0 atom stereocenters. The first-order chi connectivity index (χ1) is 15.0. The maximum atomic E-state index is 13.5. The molecule has 0 saturated heterocycles. The number of nitrogens with zero attached hydrogens (tertiary/aromatic N) is 4. The molecular weight excluding hydrogens is 410 g/mol. The Morgan fingerprint density at radius 3 is 2.26 bits per heavy atom. The summed E-state index contributed by atoms with van der Waals surface area (Å²) < 4.78 is -1.82. The van der Waals surface area contributed by atoms with E-state index in [-0.39, 0.29) is 27.7 Å². The Labute approximate surface area is 183 Å². The third-order valence-corrected chi connectivity index (χ3v) is 6.20. The first kappa shape index (κ1) is 20.3. The summed E-state index contributed by atoms with van der Waals surface area (Å²) in [7, 11) is 0. The highest BCUT2D eigenvalue weighted by Gasteiger charge is 2.61. The number of carbonyl (C=O) groups is 2. The van der Waals surface area contributed by atoms with Crippen molar-refractivity contribution < 1.29 is 9.59 Å². The molecule has 2 aromatic rings. The van der Waals surface area contributed by atoms with E-state index >= 15 is 0 Å². The van der Waals surface area contributed by atoms with Gasteiger partial charge in [-0.15, -0.1) is 0 Å². The number of aliphatic imine (C=N–C) groups is 1. The Bertz CT molecular complexity index is 1200. The topological polar surface area (TPSA) is 112 Å². The maximum Gasteiger partial charge on any atom is 0.193 e. The number of ketones is 2. The zero-order valence-electron chi connectivity index (χ0n) is 16.5. The van der Waals surface area contributed by atoms with Crippen LogP contribution in [0.3, 0.4) is 0 Å². The summed E-state index contributed by atoms with van der Waals surface area (Å²) in [5.74, 6) is -1.06. The summed E-state index contributed by atoms with van der Waals surface area (Å²) in [4.78, 5) is 31.5. The molecule has 0 fully saturated rings. The second-order valence-electron chi connectivity index (χ2n) is 6.69. The Balaban J connectivity index is 1.95. The summed E-state index contributed by atoms with van der Waals surface area (Å²) >= 11 is 0.890. The fourth-order valence-corrected chi connectivity index (χ4v) is 4.74. The lowest BCUT2D eigenvalue weighted by molar-refractivity contribution is 0.0889. The summed E-state index contributed by atoms with van der Waals surface area (Å²) in [6.07, 6.45) is 4.96. The highest BCUT2D eigenvalue weighted by Crippen LogP contribution is 2.49. The average Bonchev–Trinajstić information content (AvgIpc) is 2.99. The first-order valence-corrected chi connectivity index (χ1v) is 10.2. The number of allylic oxidation sites excluding steroid dienone is 2. The smallest absolute Gasteiger partial charge is 0.193 e. The maximum absolute atomic E-state index is 13.5. The third kappa shape index (κ3) is 3.16. The molecule has 0 bridgehead atoms. The molecule has 0 saturated carbocycles. The summed E-state index contributed by atoms with van der Waals surface area (Å²) in [6.45, 7) is 1.83. The van der Waals surface area contributed by atoms with E-state index in [1.54, 1.807) is 48.6 Å². The van der Waals surface area contributed by atoms with Crippen molar-refractivity contribution >= 4 is 40.4 Å². The van der Waals surface area contributed by atoms with Crippen LogP contribution in [-0.2, 0) is 0 Å². The van der Waals surface area contributed by atoms with Gasteiger partial charge in [0.05, 0.1) is 5.69 Å². The van der Waals surface area contributed by atoms with Gasteiger partial charge in [-0.05, 0) is 25.1 Å². The van der Waals surface area contributed by atoms with Crippen molar-refractivity contribution in [2.24, 2.45) is 15.8 Å². The van der Waals surface area contributed by atoms with E-state index < -0.39 is 16.3 Å². The van der Waals surface area contributed by atoms with E-state index in [0.717, 1.165) is 11.8 Å². The lowest BCUT2D eigenvalue weighted by Gasteiger charge is -2.35. The number of hydrogen-bond donors (Lipinski definition) is 1. The molecular formula is C23H17N5O2S. The van der Waals surface area contributed by atoms with E-state index in [0.29, 0.717) is 5.69 Å². The van der Waals surface area contributed by atoms with Gasteiger partial charge < -0.3 is 5.73 Å². The molecule has 7 nitrogen and oxygen atoms in total. The predicted octanol–water partition coefficient (Wildman–Crippen LogP) is 3.80. The van der Waals surface area contributed by atoms with Gasteiger partial charge in [-0.2, -0.15) is 15.4 Å². The Kier molecular flexibility index (Phi) is 5.28. The zero-order valence-corrected chi connectivity index (χ0v) is 17.3. The van der Waals surface area contributed by atoms with Crippen LogP contribution in [0.15, 0.2) is 88.2 Å². The van der Waals surface area contributed by atoms with Gasteiger partial charge in [0, 0.05) is 17.3 Å². The zero-order chi connectivity index (χ0) is 22.0. The van der Waals surface area contributed by atoms with Gasteiger partial charge in [0.2, 0.25) is 0 Å². The van der Waals surface area contributed by atoms with Gasteiger partial charge in [-0.3, -0.25) is 9.59 Å².